The summed E-state index contributed by atoms with van der Waals surface area (Å²) in [6.45, 7) is 16.8. The van der Waals surface area contributed by atoms with Gasteiger partial charge in [0.1, 0.15) is 6.54 Å². The van der Waals surface area contributed by atoms with E-state index >= 15 is 0 Å². The third-order valence-electron chi connectivity index (χ3n) is 7.77. The summed E-state index contributed by atoms with van der Waals surface area (Å²) in [7, 11) is 2.45. The van der Waals surface area contributed by atoms with Crippen molar-refractivity contribution in [3.05, 3.63) is 0 Å². The predicted octanol–water partition coefficient (Wildman–Crippen LogP) is 5.26. The third-order valence-corrected chi connectivity index (χ3v) is 7.77. The van der Waals surface area contributed by atoms with Gasteiger partial charge in [0.25, 0.3) is 0 Å². The van der Waals surface area contributed by atoms with Crippen LogP contribution in [0.4, 0.5) is 0 Å². The van der Waals surface area contributed by atoms with Crippen LogP contribution < -0.4 is 0 Å². The minimum Gasteiger partial charge on any atom is -0.372 e. The van der Waals surface area contributed by atoms with Gasteiger partial charge in [0.2, 0.25) is 0 Å². The van der Waals surface area contributed by atoms with Crippen LogP contribution in [-0.4, -0.2) is 43.9 Å². The number of hydrogen-bond donors (Lipinski definition) is 0. The van der Waals surface area contributed by atoms with Crippen LogP contribution in [0.3, 0.4) is 0 Å². The van der Waals surface area contributed by atoms with Crippen LogP contribution in [0.25, 0.3) is 0 Å². The van der Waals surface area contributed by atoms with E-state index in [4.69, 9.17) is 4.74 Å². The van der Waals surface area contributed by atoms with Gasteiger partial charge in [-0.1, -0.05) is 47.5 Å². The Hall–Kier alpha value is -0.0800. The van der Waals surface area contributed by atoms with E-state index in [-0.39, 0.29) is 0 Å². The molecule has 2 rings (SSSR count). The monoisotopic (exact) mass is 324 g/mol. The molecule has 0 aliphatic heterocycles. The van der Waals surface area contributed by atoms with Gasteiger partial charge >= 0.3 is 0 Å². The molecule has 2 saturated carbocycles. The lowest BCUT2D eigenvalue weighted by atomic mass is 9.70. The minimum atomic E-state index is 0.411. The number of likely N-dealkylation sites (N-methyl/N-ethyl adjacent to an activating group) is 1. The minimum absolute atomic E-state index is 0.411. The zero-order valence-corrected chi connectivity index (χ0v) is 16.8. The van der Waals surface area contributed by atoms with Crippen molar-refractivity contribution in [2.24, 2.45) is 16.7 Å². The summed E-state index contributed by atoms with van der Waals surface area (Å²) in [5, 5.41) is 0. The summed E-state index contributed by atoms with van der Waals surface area (Å²) < 4.78 is 7.72. The molecular formula is C21H42NO+. The van der Waals surface area contributed by atoms with Gasteiger partial charge in [-0.3, -0.25) is 0 Å². The van der Waals surface area contributed by atoms with Crippen LogP contribution in [0.1, 0.15) is 79.6 Å². The molecule has 2 aliphatic rings. The number of ether oxygens (including phenoxy) is 1. The second-order valence-electron chi connectivity index (χ2n) is 9.47. The van der Waals surface area contributed by atoms with Gasteiger partial charge < -0.3 is 9.22 Å². The van der Waals surface area contributed by atoms with Crippen molar-refractivity contribution in [3.8, 4) is 0 Å². The summed E-state index contributed by atoms with van der Waals surface area (Å²) in [5.74, 6) is 0.888. The summed E-state index contributed by atoms with van der Waals surface area (Å²) in [5.41, 5.74) is 0.883. The maximum absolute atomic E-state index is 6.52. The molecule has 2 bridgehead atoms. The Bertz CT molecular complexity index is 370. The van der Waals surface area contributed by atoms with Crippen molar-refractivity contribution in [1.29, 1.82) is 0 Å². The molecule has 2 nitrogen and oxygen atoms in total. The average Bonchev–Trinajstić information content (AvgIpc) is 2.84. The van der Waals surface area contributed by atoms with Crippen LogP contribution in [0.15, 0.2) is 0 Å². The fourth-order valence-electron chi connectivity index (χ4n) is 5.21. The molecule has 0 heterocycles. The van der Waals surface area contributed by atoms with Gasteiger partial charge in [-0.25, -0.2) is 0 Å². The summed E-state index contributed by atoms with van der Waals surface area (Å²) >= 11 is 0. The van der Waals surface area contributed by atoms with E-state index in [1.54, 1.807) is 0 Å². The second kappa shape index (κ2) is 7.44. The number of quaternary nitrogens is 1. The highest BCUT2D eigenvalue weighted by atomic mass is 16.5. The van der Waals surface area contributed by atoms with Crippen LogP contribution in [0.2, 0.25) is 0 Å². The first-order valence-electron chi connectivity index (χ1n) is 10.2. The standard InChI is InChI=1S/C21H42NO/c1-7-9-13-22(6,14-10-8-2)15-16-23-19-17-18-11-12-21(19,5)20(18,3)4/h18-19H,7-17H2,1-6H3/q+1/t18-,19-,21+/m1/s1. The normalized spacial score (nSPS) is 32.6. The van der Waals surface area contributed by atoms with Gasteiger partial charge in [0.05, 0.1) is 32.8 Å². The SMILES string of the molecule is CCCC[N+](C)(CCCC)CCO[C@@H]1C[C@H]2CC[C@]1(C)C2(C)C. The number of unbranched alkanes of at least 4 members (excludes halogenated alkanes) is 2. The van der Waals surface area contributed by atoms with Crippen LogP contribution >= 0.6 is 0 Å². The maximum atomic E-state index is 6.52. The Balaban J connectivity index is 1.85. The summed E-state index contributed by atoms with van der Waals surface area (Å²) in [4.78, 5) is 0. The molecule has 0 radical (unpaired) electrons. The van der Waals surface area contributed by atoms with E-state index in [0.717, 1.165) is 12.5 Å². The Morgan fingerprint density at radius 1 is 1.00 bits per heavy atom. The Morgan fingerprint density at radius 3 is 2.04 bits per heavy atom. The molecule has 0 aromatic heterocycles. The van der Waals surface area contributed by atoms with E-state index in [1.165, 1.54) is 69.1 Å². The highest BCUT2D eigenvalue weighted by Gasteiger charge is 2.61. The second-order valence-corrected chi connectivity index (χ2v) is 9.47. The summed E-state index contributed by atoms with van der Waals surface area (Å²) in [6.07, 6.45) is 9.89. The quantitative estimate of drug-likeness (QED) is 0.498. The van der Waals surface area contributed by atoms with Gasteiger partial charge in [0.15, 0.2) is 0 Å². The lowest BCUT2D eigenvalue weighted by Crippen LogP contribution is -2.48. The maximum Gasteiger partial charge on any atom is 0.102 e. The number of fused-ring (bicyclic) bond motifs is 2. The molecule has 0 N–H and O–H groups in total. The molecule has 0 aromatic carbocycles. The first-order valence-corrected chi connectivity index (χ1v) is 10.2. The molecule has 136 valence electrons. The van der Waals surface area contributed by atoms with E-state index in [2.05, 4.69) is 41.7 Å². The van der Waals surface area contributed by atoms with Gasteiger partial charge in [-0.15, -0.1) is 0 Å². The molecule has 0 aromatic rings. The number of rotatable bonds is 10. The molecule has 2 aliphatic carbocycles. The van der Waals surface area contributed by atoms with Crippen molar-refractivity contribution in [2.75, 3.05) is 33.3 Å². The topological polar surface area (TPSA) is 9.23 Å². The summed E-state index contributed by atoms with van der Waals surface area (Å²) in [6, 6.07) is 0. The van der Waals surface area contributed by atoms with E-state index in [9.17, 15) is 0 Å². The first kappa shape index (κ1) is 19.2. The van der Waals surface area contributed by atoms with Crippen molar-refractivity contribution in [1.82, 2.24) is 0 Å². The third kappa shape index (κ3) is 3.79. The van der Waals surface area contributed by atoms with E-state index in [0.29, 0.717) is 16.9 Å². The Morgan fingerprint density at radius 2 is 1.61 bits per heavy atom. The molecule has 0 spiro atoms. The molecule has 2 heteroatoms. The zero-order chi connectivity index (χ0) is 17.1. The number of hydrogen-bond acceptors (Lipinski definition) is 1. The molecule has 0 amide bonds. The molecule has 0 saturated heterocycles. The van der Waals surface area contributed by atoms with E-state index in [1.807, 2.05) is 0 Å². The van der Waals surface area contributed by atoms with Gasteiger partial charge in [-0.05, 0) is 48.9 Å². The lowest BCUT2D eigenvalue weighted by Gasteiger charge is -2.40. The van der Waals surface area contributed by atoms with Crippen molar-refractivity contribution >= 4 is 0 Å². The molecular weight excluding hydrogens is 282 g/mol. The van der Waals surface area contributed by atoms with Crippen LogP contribution in [0.5, 0.6) is 0 Å². The molecule has 2 fully saturated rings. The highest BCUT2D eigenvalue weighted by Crippen LogP contribution is 2.66. The number of nitrogens with zero attached hydrogens (tertiary/aromatic N) is 1. The largest absolute Gasteiger partial charge is 0.372 e. The Kier molecular flexibility index (Phi) is 6.22. The smallest absolute Gasteiger partial charge is 0.102 e. The Labute approximate surface area is 145 Å². The van der Waals surface area contributed by atoms with Gasteiger partial charge in [0, 0.05) is 0 Å². The van der Waals surface area contributed by atoms with E-state index < -0.39 is 0 Å². The fourth-order valence-corrected chi connectivity index (χ4v) is 5.21. The van der Waals surface area contributed by atoms with Crippen molar-refractivity contribution in [2.45, 2.75) is 85.7 Å². The zero-order valence-electron chi connectivity index (χ0n) is 16.8. The van der Waals surface area contributed by atoms with Crippen LogP contribution in [0, 0.1) is 16.7 Å². The van der Waals surface area contributed by atoms with Crippen molar-refractivity contribution in [3.63, 3.8) is 0 Å². The van der Waals surface area contributed by atoms with Gasteiger partial charge in [-0.2, -0.15) is 0 Å². The van der Waals surface area contributed by atoms with Crippen LogP contribution in [-0.2, 0) is 4.74 Å². The first-order chi connectivity index (χ1) is 10.8. The lowest BCUT2D eigenvalue weighted by molar-refractivity contribution is -0.910. The predicted molar refractivity (Wildman–Crippen MR) is 99.6 cm³/mol. The fraction of sp³-hybridized carbons (Fsp3) is 1.00. The molecule has 3 atom stereocenters. The van der Waals surface area contributed by atoms with Crippen molar-refractivity contribution < 1.29 is 9.22 Å². The molecule has 23 heavy (non-hydrogen) atoms. The average molecular weight is 325 g/mol. The molecule has 0 unspecified atom stereocenters. The highest BCUT2D eigenvalue weighted by molar-refractivity contribution is 5.11.